The van der Waals surface area contributed by atoms with Crippen molar-refractivity contribution in [3.63, 3.8) is 0 Å². The minimum atomic E-state index is -0.604. The molecule has 0 radical (unpaired) electrons. The number of hydrogen-bond donors (Lipinski definition) is 0. The molecule has 5 aromatic carbocycles. The molecule has 0 saturated carbocycles. The first-order valence-electron chi connectivity index (χ1n) is 12.6. The Morgan fingerprint density at radius 3 is 1.25 bits per heavy atom. The molecule has 0 N–H and O–H groups in total. The topological polar surface area (TPSA) is 13.0 Å². The second kappa shape index (κ2) is 5.58. The van der Waals surface area contributed by atoms with E-state index in [1.807, 2.05) is 0 Å². The fraction of sp³-hybridized carbons (Fsp3) is 0.0625. The van der Waals surface area contributed by atoms with Gasteiger partial charge in [0.15, 0.2) is 0 Å². The lowest BCUT2D eigenvalue weighted by Gasteiger charge is -2.57. The van der Waals surface area contributed by atoms with Gasteiger partial charge in [0, 0.05) is 10.8 Å². The summed E-state index contributed by atoms with van der Waals surface area (Å²) < 4.78 is 0. The van der Waals surface area contributed by atoms with Crippen molar-refractivity contribution in [3.8, 4) is 0 Å². The highest BCUT2D eigenvalue weighted by Gasteiger charge is 2.69. The molecule has 1 aliphatic carbocycles. The van der Waals surface area contributed by atoms with Gasteiger partial charge in [-0.2, -0.15) is 0 Å². The quantitative estimate of drug-likeness (QED) is 0.234. The largest absolute Gasteiger partial charge is 0.295 e. The van der Waals surface area contributed by atoms with Gasteiger partial charge in [-0.05, 0) is 53.6 Å². The molecular weight excluding hydrogens is 440 g/mol. The zero-order valence-corrected chi connectivity index (χ0v) is 19.4. The molecule has 4 heteroatoms. The fourth-order valence-electron chi connectivity index (χ4n) is 7.51. The van der Waals surface area contributed by atoms with Crippen molar-refractivity contribution in [1.82, 2.24) is 0 Å². The molecule has 0 bridgehead atoms. The molecule has 0 amide bonds. The molecule has 1 spiro atoms. The van der Waals surface area contributed by atoms with Crippen LogP contribution in [0.2, 0.25) is 0 Å². The molecule has 168 valence electrons. The maximum absolute atomic E-state index is 2.61. The third-order valence-corrected chi connectivity index (χ3v) is 8.62. The van der Waals surface area contributed by atoms with Crippen LogP contribution in [0, 0.1) is 0 Å². The maximum atomic E-state index is 2.61. The highest BCUT2D eigenvalue weighted by atomic mass is 15.8. The Morgan fingerprint density at radius 2 is 0.806 bits per heavy atom. The summed E-state index contributed by atoms with van der Waals surface area (Å²) in [7, 11) is 0. The van der Waals surface area contributed by atoms with Crippen molar-refractivity contribution < 1.29 is 0 Å². The molecule has 0 atom stereocenters. The summed E-state index contributed by atoms with van der Waals surface area (Å²) in [6.45, 7) is 0. The van der Waals surface area contributed by atoms with E-state index >= 15 is 0 Å². The maximum Gasteiger partial charge on any atom is 0.295 e. The van der Waals surface area contributed by atoms with E-state index in [0.29, 0.717) is 0 Å². The van der Waals surface area contributed by atoms with Gasteiger partial charge in [-0.25, -0.2) is 0 Å². The molecule has 4 nitrogen and oxygen atoms in total. The number of hydrogen-bond acceptors (Lipinski definition) is 4. The van der Waals surface area contributed by atoms with E-state index in [1.54, 1.807) is 0 Å². The Morgan fingerprint density at radius 1 is 0.417 bits per heavy atom. The van der Waals surface area contributed by atoms with Crippen LogP contribution in [-0.2, 0) is 0 Å². The van der Waals surface area contributed by atoms with Crippen LogP contribution in [0.3, 0.4) is 0 Å². The molecule has 36 heavy (non-hydrogen) atoms. The summed E-state index contributed by atoms with van der Waals surface area (Å²) in [4.78, 5) is 10.4. The van der Waals surface area contributed by atoms with Crippen LogP contribution in [0.1, 0.15) is 6.42 Å². The summed E-state index contributed by atoms with van der Waals surface area (Å²) in [5.41, 5.74) is 10.1. The number of rotatable bonds is 0. The summed E-state index contributed by atoms with van der Waals surface area (Å²) in [5.74, 6) is -0.604. The number of para-hydroxylation sites is 2. The van der Waals surface area contributed by atoms with Crippen LogP contribution in [0.5, 0.6) is 0 Å². The van der Waals surface area contributed by atoms with Gasteiger partial charge in [-0.3, -0.25) is 19.6 Å². The van der Waals surface area contributed by atoms with Crippen LogP contribution in [-0.4, -0.2) is 5.91 Å². The Bertz CT molecular complexity index is 1770. The van der Waals surface area contributed by atoms with Crippen molar-refractivity contribution in [1.29, 1.82) is 0 Å². The Balaban J connectivity index is 1.47. The zero-order chi connectivity index (χ0) is 23.2. The van der Waals surface area contributed by atoms with Crippen LogP contribution in [0.15, 0.2) is 121 Å². The molecule has 1 fully saturated rings. The molecule has 5 aromatic rings. The monoisotopic (exact) mass is 460 g/mol. The lowest BCUT2D eigenvalue weighted by molar-refractivity contribution is 0.468. The SMILES string of the molecule is C1=C2C(=CC1)N1c3cccc4cccc(c34)N3c4ccccc4N4c5cccc6cccc(c56)N2C143. The van der Waals surface area contributed by atoms with Gasteiger partial charge in [0.2, 0.25) is 0 Å². The summed E-state index contributed by atoms with van der Waals surface area (Å²) in [5, 5.41) is 5.18. The fourth-order valence-corrected chi connectivity index (χ4v) is 7.51. The van der Waals surface area contributed by atoms with Gasteiger partial charge in [-0.15, -0.1) is 0 Å². The van der Waals surface area contributed by atoms with E-state index in [1.165, 1.54) is 67.1 Å². The van der Waals surface area contributed by atoms with Crippen molar-refractivity contribution in [2.24, 2.45) is 0 Å². The standard InChI is InChI=1S/C32H20N4/c1-2-13-23-22(12-1)33-26-16-3-8-20-10-5-18-28(30(20)26)35-24-14-7-15-25(24)36-29-19-6-11-21-9-4-17-27(31(21)29)34(23)32(33,35)36/h1-6,8-19H,7H2. The summed E-state index contributed by atoms with van der Waals surface area (Å²) in [6.07, 6.45) is 5.76. The molecule has 4 aliphatic heterocycles. The van der Waals surface area contributed by atoms with Gasteiger partial charge < -0.3 is 0 Å². The van der Waals surface area contributed by atoms with Gasteiger partial charge in [-0.1, -0.05) is 72.8 Å². The molecule has 0 aromatic heterocycles. The van der Waals surface area contributed by atoms with E-state index in [2.05, 4.69) is 129 Å². The number of fused-ring (bicyclic) bond motifs is 10. The van der Waals surface area contributed by atoms with E-state index in [9.17, 15) is 0 Å². The predicted octanol–water partition coefficient (Wildman–Crippen LogP) is 7.72. The first-order chi connectivity index (χ1) is 17.9. The van der Waals surface area contributed by atoms with Crippen LogP contribution < -0.4 is 19.6 Å². The van der Waals surface area contributed by atoms with Gasteiger partial charge in [0.05, 0.1) is 45.5 Å². The smallest absolute Gasteiger partial charge is 0.279 e. The number of nitrogens with zero attached hydrogens (tertiary/aromatic N) is 4. The number of benzene rings is 5. The normalized spacial score (nSPS) is 18.8. The van der Waals surface area contributed by atoms with Crippen LogP contribution >= 0.6 is 0 Å². The molecule has 4 heterocycles. The lowest BCUT2D eigenvalue weighted by atomic mass is 9.98. The van der Waals surface area contributed by atoms with Gasteiger partial charge in [0.1, 0.15) is 0 Å². The van der Waals surface area contributed by atoms with E-state index in [-0.39, 0.29) is 0 Å². The van der Waals surface area contributed by atoms with Gasteiger partial charge in [0.25, 0.3) is 5.91 Å². The summed E-state index contributed by atoms with van der Waals surface area (Å²) in [6, 6.07) is 35.9. The average molecular weight is 461 g/mol. The highest BCUT2D eigenvalue weighted by molar-refractivity contribution is 6.18. The zero-order valence-electron chi connectivity index (χ0n) is 19.4. The van der Waals surface area contributed by atoms with E-state index in [4.69, 9.17) is 0 Å². The average Bonchev–Trinajstić information content (AvgIpc) is 3.58. The Labute approximate surface area is 208 Å². The second-order valence-corrected chi connectivity index (χ2v) is 10.1. The van der Waals surface area contributed by atoms with Crippen molar-refractivity contribution >= 4 is 55.7 Å². The molecule has 1 saturated heterocycles. The first-order valence-corrected chi connectivity index (χ1v) is 12.6. The third kappa shape index (κ3) is 1.62. The molecular formula is C32H20N4. The molecule has 0 unspecified atom stereocenters. The number of anilines is 6. The minimum Gasteiger partial charge on any atom is -0.279 e. The molecule has 5 aliphatic rings. The highest BCUT2D eigenvalue weighted by Crippen LogP contribution is 2.68. The minimum absolute atomic E-state index is 0.604. The van der Waals surface area contributed by atoms with Crippen molar-refractivity contribution in [3.05, 3.63) is 121 Å². The van der Waals surface area contributed by atoms with Crippen LogP contribution in [0.4, 0.5) is 34.1 Å². The summed E-state index contributed by atoms with van der Waals surface area (Å²) >= 11 is 0. The molecule has 10 rings (SSSR count). The Kier molecular flexibility index (Phi) is 2.74. The lowest BCUT2D eigenvalue weighted by Crippen LogP contribution is -2.72. The predicted molar refractivity (Wildman–Crippen MR) is 147 cm³/mol. The van der Waals surface area contributed by atoms with E-state index in [0.717, 1.165) is 6.42 Å². The van der Waals surface area contributed by atoms with Crippen LogP contribution in [0.25, 0.3) is 21.5 Å². The number of allylic oxidation sites excluding steroid dienone is 2. The first kappa shape index (κ1) is 17.7. The van der Waals surface area contributed by atoms with Crippen molar-refractivity contribution in [2.75, 3.05) is 19.6 Å². The third-order valence-electron chi connectivity index (χ3n) is 8.62. The van der Waals surface area contributed by atoms with Gasteiger partial charge >= 0.3 is 0 Å². The van der Waals surface area contributed by atoms with Crippen molar-refractivity contribution in [2.45, 2.75) is 12.3 Å². The second-order valence-electron chi connectivity index (χ2n) is 10.1. The van der Waals surface area contributed by atoms with E-state index < -0.39 is 5.91 Å². The Hall–Kier alpha value is -4.70.